The molecule has 1 aliphatic rings. The number of halogens is 2. The van der Waals surface area contributed by atoms with E-state index in [-0.39, 0.29) is 24.4 Å². The number of benzene rings is 1. The van der Waals surface area contributed by atoms with Crippen molar-refractivity contribution in [1.82, 2.24) is 4.90 Å². The number of rotatable bonds is 1. The largest absolute Gasteiger partial charge is 0.450 e. The monoisotopic (exact) mass is 344 g/mol. The van der Waals surface area contributed by atoms with E-state index in [0.717, 1.165) is 16.3 Å². The van der Waals surface area contributed by atoms with Crippen molar-refractivity contribution in [2.75, 3.05) is 13.1 Å². The zero-order valence-electron chi connectivity index (χ0n) is 10.1. The van der Waals surface area contributed by atoms with E-state index in [1.54, 1.807) is 11.0 Å². The molecular formula is C13H14BrClN2O2. The van der Waals surface area contributed by atoms with E-state index < -0.39 is 0 Å². The number of furan rings is 1. The van der Waals surface area contributed by atoms with Crippen LogP contribution in [0.15, 0.2) is 33.2 Å². The summed E-state index contributed by atoms with van der Waals surface area (Å²) in [4.78, 5) is 14.0. The molecule has 0 saturated carbocycles. The van der Waals surface area contributed by atoms with Crippen LogP contribution in [0.2, 0.25) is 0 Å². The van der Waals surface area contributed by atoms with Crippen molar-refractivity contribution in [2.45, 2.75) is 12.5 Å². The Kier molecular flexibility index (Phi) is 4.18. The summed E-state index contributed by atoms with van der Waals surface area (Å²) in [5, 5.41) is 0.927. The maximum Gasteiger partial charge on any atom is 0.289 e. The van der Waals surface area contributed by atoms with Crippen LogP contribution in [-0.2, 0) is 0 Å². The molecule has 1 aromatic carbocycles. The Bertz CT molecular complexity index is 614. The Labute approximate surface area is 125 Å². The standard InChI is InChI=1S/C13H13BrN2O2.ClH/c14-10-3-1-2-8-6-11(18-12(8)10)13(17)16-5-4-9(15)7-16;/h1-3,6,9H,4-5,7,15H2;1H/t9-;/m0./s1. The molecule has 102 valence electrons. The van der Waals surface area contributed by atoms with Crippen LogP contribution in [0, 0.1) is 0 Å². The molecule has 6 heteroatoms. The summed E-state index contributed by atoms with van der Waals surface area (Å²) in [6.07, 6.45) is 0.857. The fourth-order valence-electron chi connectivity index (χ4n) is 2.26. The van der Waals surface area contributed by atoms with Crippen LogP contribution in [0.4, 0.5) is 0 Å². The topological polar surface area (TPSA) is 59.5 Å². The van der Waals surface area contributed by atoms with Gasteiger partial charge in [0.1, 0.15) is 5.58 Å². The zero-order valence-corrected chi connectivity index (χ0v) is 12.5. The van der Waals surface area contributed by atoms with Gasteiger partial charge in [-0.2, -0.15) is 0 Å². The van der Waals surface area contributed by atoms with Gasteiger partial charge in [0.25, 0.3) is 5.91 Å². The van der Waals surface area contributed by atoms with E-state index in [1.807, 2.05) is 18.2 Å². The smallest absolute Gasteiger partial charge is 0.289 e. The highest BCUT2D eigenvalue weighted by Gasteiger charge is 2.26. The first-order valence-electron chi connectivity index (χ1n) is 5.88. The Morgan fingerprint density at radius 2 is 2.26 bits per heavy atom. The molecule has 0 radical (unpaired) electrons. The third kappa shape index (κ3) is 2.63. The van der Waals surface area contributed by atoms with Crippen molar-refractivity contribution in [1.29, 1.82) is 0 Å². The molecular weight excluding hydrogens is 332 g/mol. The molecule has 3 rings (SSSR count). The summed E-state index contributed by atoms with van der Waals surface area (Å²) in [7, 11) is 0. The number of para-hydroxylation sites is 1. The van der Waals surface area contributed by atoms with Gasteiger partial charge in [0.2, 0.25) is 0 Å². The number of carbonyl (C=O) groups is 1. The average molecular weight is 346 g/mol. The Hall–Kier alpha value is -1.04. The van der Waals surface area contributed by atoms with Gasteiger partial charge in [-0.15, -0.1) is 12.4 Å². The quantitative estimate of drug-likeness (QED) is 0.864. The normalized spacial score (nSPS) is 18.6. The van der Waals surface area contributed by atoms with Gasteiger partial charge in [-0.3, -0.25) is 4.79 Å². The molecule has 1 atom stereocenters. The maximum absolute atomic E-state index is 12.2. The van der Waals surface area contributed by atoms with Crippen molar-refractivity contribution in [3.63, 3.8) is 0 Å². The average Bonchev–Trinajstić information content (AvgIpc) is 2.95. The van der Waals surface area contributed by atoms with Crippen LogP contribution in [-0.4, -0.2) is 29.9 Å². The number of nitrogens with two attached hydrogens (primary N) is 1. The maximum atomic E-state index is 12.2. The summed E-state index contributed by atoms with van der Waals surface area (Å²) in [6.45, 7) is 1.31. The minimum absolute atomic E-state index is 0. The van der Waals surface area contributed by atoms with Crippen molar-refractivity contribution in [2.24, 2.45) is 5.73 Å². The molecule has 1 saturated heterocycles. The van der Waals surface area contributed by atoms with Gasteiger partial charge in [-0.1, -0.05) is 12.1 Å². The van der Waals surface area contributed by atoms with Crippen molar-refractivity contribution < 1.29 is 9.21 Å². The first-order valence-corrected chi connectivity index (χ1v) is 6.67. The number of hydrogen-bond donors (Lipinski definition) is 1. The van der Waals surface area contributed by atoms with E-state index in [9.17, 15) is 4.79 Å². The first-order chi connectivity index (χ1) is 8.65. The van der Waals surface area contributed by atoms with Crippen LogP contribution >= 0.6 is 28.3 Å². The molecule has 1 aliphatic heterocycles. The number of likely N-dealkylation sites (tertiary alicyclic amines) is 1. The minimum atomic E-state index is -0.0777. The molecule has 1 fully saturated rings. The van der Waals surface area contributed by atoms with E-state index >= 15 is 0 Å². The summed E-state index contributed by atoms with van der Waals surface area (Å²) >= 11 is 3.41. The minimum Gasteiger partial charge on any atom is -0.450 e. The third-order valence-corrected chi connectivity index (χ3v) is 3.84. The fourth-order valence-corrected chi connectivity index (χ4v) is 2.72. The molecule has 2 heterocycles. The van der Waals surface area contributed by atoms with Crippen molar-refractivity contribution in [3.05, 3.63) is 34.5 Å². The molecule has 0 aliphatic carbocycles. The van der Waals surface area contributed by atoms with Crippen LogP contribution in [0.25, 0.3) is 11.0 Å². The SMILES string of the molecule is Cl.N[C@H]1CCN(C(=O)c2cc3cccc(Br)c3o2)C1. The second-order valence-electron chi connectivity index (χ2n) is 4.57. The molecule has 2 aromatic rings. The molecule has 0 bridgehead atoms. The Morgan fingerprint density at radius 1 is 1.47 bits per heavy atom. The van der Waals surface area contributed by atoms with E-state index in [4.69, 9.17) is 10.2 Å². The molecule has 0 unspecified atom stereocenters. The van der Waals surface area contributed by atoms with Gasteiger partial charge in [0.05, 0.1) is 4.47 Å². The number of nitrogens with zero attached hydrogens (tertiary/aromatic N) is 1. The number of hydrogen-bond acceptors (Lipinski definition) is 3. The molecule has 2 N–H and O–H groups in total. The second-order valence-corrected chi connectivity index (χ2v) is 5.42. The third-order valence-electron chi connectivity index (χ3n) is 3.22. The summed E-state index contributed by atoms with van der Waals surface area (Å²) in [5.74, 6) is 0.303. The fraction of sp³-hybridized carbons (Fsp3) is 0.308. The molecule has 1 amide bonds. The summed E-state index contributed by atoms with van der Waals surface area (Å²) < 4.78 is 6.49. The Morgan fingerprint density at radius 3 is 2.89 bits per heavy atom. The van der Waals surface area contributed by atoms with Gasteiger partial charge in [-0.05, 0) is 34.5 Å². The van der Waals surface area contributed by atoms with Gasteiger partial charge in [-0.25, -0.2) is 0 Å². The lowest BCUT2D eigenvalue weighted by atomic mass is 10.2. The first kappa shape index (κ1) is 14.4. The number of carbonyl (C=O) groups excluding carboxylic acids is 1. The summed E-state index contributed by atoms with van der Waals surface area (Å²) in [5.41, 5.74) is 6.52. The lowest BCUT2D eigenvalue weighted by molar-refractivity contribution is 0.0761. The highest BCUT2D eigenvalue weighted by Crippen LogP contribution is 2.28. The highest BCUT2D eigenvalue weighted by atomic mass is 79.9. The zero-order chi connectivity index (χ0) is 12.7. The van der Waals surface area contributed by atoms with Crippen LogP contribution in [0.5, 0.6) is 0 Å². The molecule has 19 heavy (non-hydrogen) atoms. The van der Waals surface area contributed by atoms with Crippen LogP contribution in [0.1, 0.15) is 17.0 Å². The molecule has 0 spiro atoms. The van der Waals surface area contributed by atoms with Gasteiger partial charge in [0.15, 0.2) is 5.76 Å². The lowest BCUT2D eigenvalue weighted by Crippen LogP contribution is -2.31. The van der Waals surface area contributed by atoms with E-state index in [2.05, 4.69) is 15.9 Å². The lowest BCUT2D eigenvalue weighted by Gasteiger charge is -2.13. The highest BCUT2D eigenvalue weighted by molar-refractivity contribution is 9.10. The predicted molar refractivity (Wildman–Crippen MR) is 79.7 cm³/mol. The number of amides is 1. The predicted octanol–water partition coefficient (Wildman–Crippen LogP) is 2.79. The van der Waals surface area contributed by atoms with E-state index in [0.29, 0.717) is 24.4 Å². The van der Waals surface area contributed by atoms with Gasteiger partial charge >= 0.3 is 0 Å². The van der Waals surface area contributed by atoms with Crippen LogP contribution in [0.3, 0.4) is 0 Å². The second kappa shape index (κ2) is 5.53. The van der Waals surface area contributed by atoms with Crippen molar-refractivity contribution >= 4 is 45.2 Å². The van der Waals surface area contributed by atoms with Gasteiger partial charge in [0, 0.05) is 24.5 Å². The van der Waals surface area contributed by atoms with Crippen LogP contribution < -0.4 is 5.73 Å². The summed E-state index contributed by atoms with van der Waals surface area (Å²) in [6, 6.07) is 7.61. The Balaban J connectivity index is 0.00000133. The van der Waals surface area contributed by atoms with E-state index in [1.165, 1.54) is 0 Å². The number of fused-ring (bicyclic) bond motifs is 1. The van der Waals surface area contributed by atoms with Gasteiger partial charge < -0.3 is 15.1 Å². The van der Waals surface area contributed by atoms with Crippen molar-refractivity contribution in [3.8, 4) is 0 Å². The molecule has 4 nitrogen and oxygen atoms in total. The molecule has 1 aromatic heterocycles.